The molecule has 0 unspecified atom stereocenters. The molecule has 1 amide bonds. The van der Waals surface area contributed by atoms with Crippen molar-refractivity contribution in [3.63, 3.8) is 0 Å². The highest BCUT2D eigenvalue weighted by atomic mass is 16.1. The molecule has 29 heavy (non-hydrogen) atoms. The van der Waals surface area contributed by atoms with Crippen molar-refractivity contribution >= 4 is 22.4 Å². The predicted octanol–water partition coefficient (Wildman–Crippen LogP) is 4.30. The zero-order chi connectivity index (χ0) is 20.2. The van der Waals surface area contributed by atoms with Crippen LogP contribution in [0.5, 0.6) is 0 Å². The third-order valence-corrected chi connectivity index (χ3v) is 5.77. The van der Waals surface area contributed by atoms with Gasteiger partial charge in [-0.25, -0.2) is 0 Å². The molecule has 3 aromatic carbocycles. The van der Waals surface area contributed by atoms with Crippen LogP contribution in [0.2, 0.25) is 0 Å². The number of piperidine rings is 1. The molecule has 0 radical (unpaired) electrons. The number of hydrogen-bond donors (Lipinski definition) is 1. The van der Waals surface area contributed by atoms with Gasteiger partial charge in [0.2, 0.25) is 0 Å². The van der Waals surface area contributed by atoms with Gasteiger partial charge in [-0.15, -0.1) is 0 Å². The van der Waals surface area contributed by atoms with Crippen LogP contribution < -0.4 is 10.2 Å². The number of benzene rings is 3. The van der Waals surface area contributed by atoms with Crippen LogP contribution in [0, 0.1) is 0 Å². The highest BCUT2D eigenvalue weighted by Gasteiger charge is 2.21. The van der Waals surface area contributed by atoms with Crippen LogP contribution in [-0.4, -0.2) is 44.0 Å². The topological polar surface area (TPSA) is 35.6 Å². The molecule has 1 heterocycles. The van der Waals surface area contributed by atoms with Crippen LogP contribution in [0.15, 0.2) is 66.7 Å². The molecular formula is C25H29N3O. The number of nitrogens with zero attached hydrogens (tertiary/aromatic N) is 2. The molecule has 4 nitrogen and oxygen atoms in total. The maximum absolute atomic E-state index is 12.6. The summed E-state index contributed by atoms with van der Waals surface area (Å²) < 4.78 is 0. The molecule has 0 aliphatic carbocycles. The molecule has 0 spiro atoms. The molecule has 1 saturated heterocycles. The van der Waals surface area contributed by atoms with E-state index in [1.54, 1.807) is 0 Å². The van der Waals surface area contributed by atoms with Gasteiger partial charge in [0.1, 0.15) is 0 Å². The average Bonchev–Trinajstić information content (AvgIpc) is 2.75. The molecule has 0 aromatic heterocycles. The molecule has 1 aliphatic heterocycles. The summed E-state index contributed by atoms with van der Waals surface area (Å²) in [5.41, 5.74) is 3.13. The van der Waals surface area contributed by atoms with Crippen molar-refractivity contribution in [1.82, 2.24) is 10.2 Å². The zero-order valence-corrected chi connectivity index (χ0v) is 17.3. The van der Waals surface area contributed by atoms with Crippen molar-refractivity contribution in [3.8, 4) is 0 Å². The first kappa shape index (κ1) is 19.5. The number of likely N-dealkylation sites (tertiary alicyclic amines) is 1. The minimum absolute atomic E-state index is 0.0293. The molecule has 1 aliphatic rings. The van der Waals surface area contributed by atoms with Gasteiger partial charge in [-0.05, 0) is 53.4 Å². The van der Waals surface area contributed by atoms with Crippen molar-refractivity contribution in [2.45, 2.75) is 25.4 Å². The van der Waals surface area contributed by atoms with Gasteiger partial charge in [0, 0.05) is 51.0 Å². The summed E-state index contributed by atoms with van der Waals surface area (Å²) in [6.07, 6.45) is 1.99. The molecule has 1 fully saturated rings. The van der Waals surface area contributed by atoms with Gasteiger partial charge in [0.25, 0.3) is 5.91 Å². The molecule has 0 bridgehead atoms. The number of carbonyl (C=O) groups is 1. The minimum Gasteiger partial charge on any atom is -0.378 e. The number of fused-ring (bicyclic) bond motifs is 1. The Bertz CT molecular complexity index is 990. The van der Waals surface area contributed by atoms with Crippen molar-refractivity contribution in [3.05, 3.63) is 77.9 Å². The first-order valence-electron chi connectivity index (χ1n) is 10.4. The predicted molar refractivity (Wildman–Crippen MR) is 120 cm³/mol. The van der Waals surface area contributed by atoms with Gasteiger partial charge in [0.15, 0.2) is 0 Å². The maximum atomic E-state index is 12.6. The van der Waals surface area contributed by atoms with Crippen LogP contribution >= 0.6 is 0 Å². The molecule has 0 saturated carbocycles. The van der Waals surface area contributed by atoms with Gasteiger partial charge in [-0.3, -0.25) is 9.69 Å². The maximum Gasteiger partial charge on any atom is 0.251 e. The van der Waals surface area contributed by atoms with Crippen LogP contribution in [0.1, 0.15) is 28.8 Å². The molecule has 4 rings (SSSR count). The number of hydrogen-bond acceptors (Lipinski definition) is 3. The first-order chi connectivity index (χ1) is 14.1. The van der Waals surface area contributed by atoms with Gasteiger partial charge >= 0.3 is 0 Å². The second kappa shape index (κ2) is 8.66. The molecule has 150 valence electrons. The molecule has 4 heteroatoms. The quantitative estimate of drug-likeness (QED) is 0.709. The van der Waals surface area contributed by atoms with Crippen molar-refractivity contribution in [1.29, 1.82) is 0 Å². The third-order valence-electron chi connectivity index (χ3n) is 5.77. The van der Waals surface area contributed by atoms with E-state index in [0.717, 1.165) is 43.7 Å². The Labute approximate surface area is 173 Å². The van der Waals surface area contributed by atoms with Crippen molar-refractivity contribution in [2.24, 2.45) is 0 Å². The zero-order valence-electron chi connectivity index (χ0n) is 17.3. The number of nitrogens with one attached hydrogen (secondary N) is 1. The lowest BCUT2D eigenvalue weighted by Gasteiger charge is -2.32. The van der Waals surface area contributed by atoms with E-state index in [0.29, 0.717) is 0 Å². The van der Waals surface area contributed by atoms with E-state index in [1.165, 1.54) is 16.3 Å². The number of carbonyl (C=O) groups excluding carboxylic acids is 1. The largest absolute Gasteiger partial charge is 0.378 e. The van der Waals surface area contributed by atoms with Gasteiger partial charge in [0.05, 0.1) is 0 Å². The lowest BCUT2D eigenvalue weighted by atomic mass is 10.0. The van der Waals surface area contributed by atoms with Crippen LogP contribution in [0.25, 0.3) is 10.8 Å². The van der Waals surface area contributed by atoms with E-state index in [9.17, 15) is 4.79 Å². The van der Waals surface area contributed by atoms with E-state index in [2.05, 4.69) is 52.7 Å². The average molecular weight is 388 g/mol. The summed E-state index contributed by atoms with van der Waals surface area (Å²) in [6.45, 7) is 2.99. The van der Waals surface area contributed by atoms with E-state index in [1.807, 2.05) is 43.3 Å². The summed E-state index contributed by atoms with van der Waals surface area (Å²) in [5, 5.41) is 5.81. The smallest absolute Gasteiger partial charge is 0.251 e. The Morgan fingerprint density at radius 1 is 0.966 bits per heavy atom. The van der Waals surface area contributed by atoms with Gasteiger partial charge < -0.3 is 10.2 Å². The fourth-order valence-electron chi connectivity index (χ4n) is 4.02. The van der Waals surface area contributed by atoms with Crippen LogP contribution in [0.4, 0.5) is 5.69 Å². The fourth-order valence-corrected chi connectivity index (χ4v) is 4.02. The monoisotopic (exact) mass is 387 g/mol. The van der Waals surface area contributed by atoms with Gasteiger partial charge in [-0.2, -0.15) is 0 Å². The summed E-state index contributed by atoms with van der Waals surface area (Å²) in [6, 6.07) is 23.3. The molecule has 0 atom stereocenters. The number of amides is 1. The summed E-state index contributed by atoms with van der Waals surface area (Å²) >= 11 is 0. The Morgan fingerprint density at radius 2 is 1.72 bits per heavy atom. The second-order valence-corrected chi connectivity index (χ2v) is 8.15. The fraction of sp³-hybridized carbons (Fsp3) is 0.320. The number of anilines is 1. The Morgan fingerprint density at radius 3 is 2.48 bits per heavy atom. The minimum atomic E-state index is 0.0293. The number of rotatable bonds is 5. The lowest BCUT2D eigenvalue weighted by molar-refractivity contribution is 0.0909. The van der Waals surface area contributed by atoms with Crippen LogP contribution in [0.3, 0.4) is 0 Å². The molecular weight excluding hydrogens is 358 g/mol. The van der Waals surface area contributed by atoms with E-state index in [4.69, 9.17) is 0 Å². The summed E-state index contributed by atoms with van der Waals surface area (Å²) in [7, 11) is 3.98. The van der Waals surface area contributed by atoms with Crippen molar-refractivity contribution < 1.29 is 4.79 Å². The normalized spacial score (nSPS) is 15.4. The molecule has 3 aromatic rings. The third kappa shape index (κ3) is 4.77. The summed E-state index contributed by atoms with van der Waals surface area (Å²) in [5.74, 6) is 0.0293. The first-order valence-corrected chi connectivity index (χ1v) is 10.4. The Kier molecular flexibility index (Phi) is 5.81. The van der Waals surface area contributed by atoms with Crippen molar-refractivity contribution in [2.75, 3.05) is 32.1 Å². The lowest BCUT2D eigenvalue weighted by Crippen LogP contribution is -2.44. The van der Waals surface area contributed by atoms with E-state index < -0.39 is 0 Å². The van der Waals surface area contributed by atoms with E-state index >= 15 is 0 Å². The van der Waals surface area contributed by atoms with Crippen LogP contribution in [-0.2, 0) is 6.54 Å². The van der Waals surface area contributed by atoms with E-state index in [-0.39, 0.29) is 11.9 Å². The highest BCUT2D eigenvalue weighted by molar-refractivity contribution is 5.95. The SMILES string of the molecule is CN(C)c1cccc(C(=O)NC2CCN(Cc3ccc4ccccc4c3)CC2)c1. The summed E-state index contributed by atoms with van der Waals surface area (Å²) in [4.78, 5) is 17.1. The highest BCUT2D eigenvalue weighted by Crippen LogP contribution is 2.20. The van der Waals surface area contributed by atoms with Gasteiger partial charge in [-0.1, -0.05) is 42.5 Å². The molecule has 1 N–H and O–H groups in total. The Hall–Kier alpha value is -2.85. The Balaban J connectivity index is 1.31. The second-order valence-electron chi connectivity index (χ2n) is 8.15. The standard InChI is InChI=1S/C25H29N3O/c1-27(2)24-9-5-8-22(17-24)25(29)26-23-12-14-28(15-13-23)18-19-10-11-20-6-3-4-7-21(20)16-19/h3-11,16-17,23H,12-15,18H2,1-2H3,(H,26,29).